The molecular formula is C12H11NO. The van der Waals surface area contributed by atoms with E-state index in [1.54, 1.807) is 0 Å². The van der Waals surface area contributed by atoms with Gasteiger partial charge in [0.1, 0.15) is 0 Å². The fourth-order valence-corrected chi connectivity index (χ4v) is 1.62. The van der Waals surface area contributed by atoms with Gasteiger partial charge in [0.05, 0.1) is 5.69 Å². The molecule has 0 saturated heterocycles. The van der Waals surface area contributed by atoms with Crippen LogP contribution in [0.15, 0.2) is 36.5 Å². The fourth-order valence-electron chi connectivity index (χ4n) is 1.62. The average Bonchev–Trinajstić information content (AvgIpc) is 2.61. The van der Waals surface area contributed by atoms with E-state index in [4.69, 9.17) is 0 Å². The highest BCUT2D eigenvalue weighted by Crippen LogP contribution is 2.25. The van der Waals surface area contributed by atoms with E-state index in [1.807, 2.05) is 43.5 Å². The molecule has 14 heavy (non-hydrogen) atoms. The first-order valence-electron chi connectivity index (χ1n) is 4.51. The lowest BCUT2D eigenvalue weighted by atomic mass is 10.0. The molecule has 0 radical (unpaired) electrons. The number of aryl methyl sites for hydroxylation is 1. The van der Waals surface area contributed by atoms with E-state index in [0.29, 0.717) is 5.69 Å². The molecule has 2 rings (SSSR count). The lowest BCUT2D eigenvalue weighted by molar-refractivity contribution is 0.112. The molecule has 0 spiro atoms. The Morgan fingerprint density at radius 3 is 2.57 bits per heavy atom. The van der Waals surface area contributed by atoms with Crippen molar-refractivity contribution in [3.63, 3.8) is 0 Å². The van der Waals surface area contributed by atoms with Crippen LogP contribution in [0.2, 0.25) is 0 Å². The molecule has 1 aromatic carbocycles. The third-order valence-electron chi connectivity index (χ3n) is 2.29. The second-order valence-corrected chi connectivity index (χ2v) is 3.24. The van der Waals surface area contributed by atoms with Crippen molar-refractivity contribution in [1.82, 2.24) is 4.98 Å². The van der Waals surface area contributed by atoms with E-state index < -0.39 is 0 Å². The van der Waals surface area contributed by atoms with Crippen LogP contribution < -0.4 is 0 Å². The molecule has 0 bridgehead atoms. The van der Waals surface area contributed by atoms with Gasteiger partial charge in [-0.05, 0) is 18.1 Å². The van der Waals surface area contributed by atoms with Crippen molar-refractivity contribution in [2.24, 2.45) is 0 Å². The Kier molecular flexibility index (Phi) is 2.19. The van der Waals surface area contributed by atoms with Crippen molar-refractivity contribution in [2.75, 3.05) is 0 Å². The van der Waals surface area contributed by atoms with Gasteiger partial charge < -0.3 is 4.98 Å². The number of aromatic amines is 1. The monoisotopic (exact) mass is 185 g/mol. The van der Waals surface area contributed by atoms with Gasteiger partial charge in [-0.2, -0.15) is 0 Å². The molecule has 1 N–H and O–H groups in total. The standard InChI is InChI=1S/C12H11NO/c1-9-7-13-11(8-14)12(9)10-5-3-2-4-6-10/h2-8,13H,1H3. The summed E-state index contributed by atoms with van der Waals surface area (Å²) in [6.45, 7) is 1.99. The summed E-state index contributed by atoms with van der Waals surface area (Å²) in [5.74, 6) is 0. The SMILES string of the molecule is Cc1c[nH]c(C=O)c1-c1ccccc1. The molecule has 0 aliphatic rings. The number of H-pyrrole nitrogens is 1. The first-order valence-corrected chi connectivity index (χ1v) is 4.51. The van der Waals surface area contributed by atoms with Gasteiger partial charge >= 0.3 is 0 Å². The lowest BCUT2D eigenvalue weighted by Crippen LogP contribution is -1.85. The van der Waals surface area contributed by atoms with Crippen LogP contribution in [-0.4, -0.2) is 11.3 Å². The zero-order valence-corrected chi connectivity index (χ0v) is 7.95. The molecule has 0 atom stereocenters. The first-order chi connectivity index (χ1) is 6.83. The zero-order chi connectivity index (χ0) is 9.97. The summed E-state index contributed by atoms with van der Waals surface area (Å²) in [4.78, 5) is 13.7. The van der Waals surface area contributed by atoms with Gasteiger partial charge in [0.2, 0.25) is 0 Å². The summed E-state index contributed by atoms with van der Waals surface area (Å²) < 4.78 is 0. The maximum Gasteiger partial charge on any atom is 0.166 e. The molecule has 1 aromatic heterocycles. The molecule has 0 fully saturated rings. The van der Waals surface area contributed by atoms with Crippen molar-refractivity contribution in [3.05, 3.63) is 47.8 Å². The van der Waals surface area contributed by atoms with Gasteiger partial charge in [-0.15, -0.1) is 0 Å². The van der Waals surface area contributed by atoms with E-state index in [0.717, 1.165) is 23.0 Å². The van der Waals surface area contributed by atoms with Crippen LogP contribution in [0.3, 0.4) is 0 Å². The predicted octanol–water partition coefficient (Wildman–Crippen LogP) is 2.80. The Hall–Kier alpha value is -1.83. The van der Waals surface area contributed by atoms with Crippen LogP contribution in [-0.2, 0) is 0 Å². The van der Waals surface area contributed by atoms with E-state index in [1.165, 1.54) is 0 Å². The number of hydrogen-bond acceptors (Lipinski definition) is 1. The average molecular weight is 185 g/mol. The van der Waals surface area contributed by atoms with Gasteiger partial charge in [0, 0.05) is 11.8 Å². The van der Waals surface area contributed by atoms with Crippen LogP contribution in [0, 0.1) is 6.92 Å². The molecule has 0 unspecified atom stereocenters. The van der Waals surface area contributed by atoms with E-state index in [2.05, 4.69) is 4.98 Å². The quantitative estimate of drug-likeness (QED) is 0.717. The molecule has 2 aromatic rings. The van der Waals surface area contributed by atoms with Gasteiger partial charge in [-0.25, -0.2) is 0 Å². The Morgan fingerprint density at radius 2 is 1.93 bits per heavy atom. The van der Waals surface area contributed by atoms with Crippen LogP contribution in [0.5, 0.6) is 0 Å². The predicted molar refractivity (Wildman–Crippen MR) is 56.4 cm³/mol. The van der Waals surface area contributed by atoms with E-state index >= 15 is 0 Å². The summed E-state index contributed by atoms with van der Waals surface area (Å²) >= 11 is 0. The molecule has 0 amide bonds. The van der Waals surface area contributed by atoms with Crippen molar-refractivity contribution in [2.45, 2.75) is 6.92 Å². The number of aromatic nitrogens is 1. The van der Waals surface area contributed by atoms with Crippen LogP contribution in [0.4, 0.5) is 0 Å². The van der Waals surface area contributed by atoms with Crippen LogP contribution in [0.1, 0.15) is 16.1 Å². The van der Waals surface area contributed by atoms with E-state index in [9.17, 15) is 4.79 Å². The number of nitrogens with one attached hydrogen (secondary N) is 1. The highest BCUT2D eigenvalue weighted by Gasteiger charge is 2.08. The molecule has 0 aliphatic carbocycles. The van der Waals surface area contributed by atoms with E-state index in [-0.39, 0.29) is 0 Å². The lowest BCUT2D eigenvalue weighted by Gasteiger charge is -2.00. The largest absolute Gasteiger partial charge is 0.358 e. The van der Waals surface area contributed by atoms with Gasteiger partial charge in [-0.1, -0.05) is 30.3 Å². The maximum atomic E-state index is 10.8. The molecule has 0 aliphatic heterocycles. The maximum absolute atomic E-state index is 10.8. The second kappa shape index (κ2) is 3.50. The number of benzene rings is 1. The third kappa shape index (κ3) is 1.35. The highest BCUT2D eigenvalue weighted by molar-refractivity contribution is 5.87. The molecule has 2 heteroatoms. The number of carbonyl (C=O) groups excluding carboxylic acids is 1. The minimum atomic E-state index is 0.647. The first kappa shape index (κ1) is 8.75. The van der Waals surface area contributed by atoms with Gasteiger partial charge in [0.15, 0.2) is 6.29 Å². The number of hydrogen-bond donors (Lipinski definition) is 1. The van der Waals surface area contributed by atoms with Crippen molar-refractivity contribution < 1.29 is 4.79 Å². The second-order valence-electron chi connectivity index (χ2n) is 3.24. The van der Waals surface area contributed by atoms with Crippen molar-refractivity contribution in [1.29, 1.82) is 0 Å². The fraction of sp³-hybridized carbons (Fsp3) is 0.0833. The summed E-state index contributed by atoms with van der Waals surface area (Å²) in [6, 6.07) is 9.91. The Morgan fingerprint density at radius 1 is 1.21 bits per heavy atom. The third-order valence-corrected chi connectivity index (χ3v) is 2.29. The number of aldehydes is 1. The zero-order valence-electron chi connectivity index (χ0n) is 7.95. The number of carbonyl (C=O) groups is 1. The van der Waals surface area contributed by atoms with Crippen LogP contribution in [0.25, 0.3) is 11.1 Å². The summed E-state index contributed by atoms with van der Waals surface area (Å²) in [5.41, 5.74) is 3.82. The number of rotatable bonds is 2. The Balaban J connectivity index is 2.61. The van der Waals surface area contributed by atoms with Crippen molar-refractivity contribution >= 4 is 6.29 Å². The molecule has 70 valence electrons. The minimum Gasteiger partial charge on any atom is -0.358 e. The Labute approximate surface area is 82.6 Å². The van der Waals surface area contributed by atoms with Crippen LogP contribution >= 0.6 is 0 Å². The normalized spacial score (nSPS) is 10.1. The highest BCUT2D eigenvalue weighted by atomic mass is 16.1. The summed E-state index contributed by atoms with van der Waals surface area (Å²) in [6.07, 6.45) is 2.71. The minimum absolute atomic E-state index is 0.647. The molecule has 0 saturated carbocycles. The Bertz CT molecular complexity index is 443. The molecular weight excluding hydrogens is 174 g/mol. The summed E-state index contributed by atoms with van der Waals surface area (Å²) in [7, 11) is 0. The summed E-state index contributed by atoms with van der Waals surface area (Å²) in [5, 5.41) is 0. The topological polar surface area (TPSA) is 32.9 Å². The molecule has 2 nitrogen and oxygen atoms in total. The smallest absolute Gasteiger partial charge is 0.166 e. The van der Waals surface area contributed by atoms with Gasteiger partial charge in [-0.3, -0.25) is 4.79 Å². The van der Waals surface area contributed by atoms with Gasteiger partial charge in [0.25, 0.3) is 0 Å². The molecule has 1 heterocycles. The van der Waals surface area contributed by atoms with Crippen molar-refractivity contribution in [3.8, 4) is 11.1 Å².